The summed E-state index contributed by atoms with van der Waals surface area (Å²) in [5.41, 5.74) is 0. The van der Waals surface area contributed by atoms with Crippen molar-refractivity contribution in [3.8, 4) is 0 Å². The molecule has 18 heavy (non-hydrogen) atoms. The number of hydrogen-bond donors (Lipinski definition) is 2. The Morgan fingerprint density at radius 3 is 2.61 bits per heavy atom. The molecule has 1 atom stereocenters. The number of hydrogen-bond acceptors (Lipinski definition) is 4. The number of aryl methyl sites for hydroxylation is 1. The third-order valence-corrected chi connectivity index (χ3v) is 2.44. The molecule has 1 unspecified atom stereocenters. The van der Waals surface area contributed by atoms with Crippen LogP contribution in [0.4, 0.5) is 5.82 Å². The van der Waals surface area contributed by atoms with Gasteiger partial charge in [-0.15, -0.1) is 0 Å². The van der Waals surface area contributed by atoms with Crippen molar-refractivity contribution < 1.29 is 4.79 Å². The van der Waals surface area contributed by atoms with Gasteiger partial charge >= 0.3 is 0 Å². The Morgan fingerprint density at radius 1 is 1.39 bits per heavy atom. The van der Waals surface area contributed by atoms with Crippen LogP contribution >= 0.6 is 11.6 Å². The van der Waals surface area contributed by atoms with E-state index in [2.05, 4.69) is 20.6 Å². The molecule has 100 valence electrons. The number of nitrogens with zero attached hydrogens (tertiary/aromatic N) is 2. The second kappa shape index (κ2) is 6.54. The minimum atomic E-state index is -0.372. The molecule has 1 amide bonds. The van der Waals surface area contributed by atoms with E-state index < -0.39 is 0 Å². The quantitative estimate of drug-likeness (QED) is 0.804. The van der Waals surface area contributed by atoms with Crippen molar-refractivity contribution in [3.63, 3.8) is 0 Å². The van der Waals surface area contributed by atoms with E-state index in [0.29, 0.717) is 23.2 Å². The van der Waals surface area contributed by atoms with Crippen LogP contribution in [0.15, 0.2) is 6.07 Å². The molecule has 5 nitrogen and oxygen atoms in total. The summed E-state index contributed by atoms with van der Waals surface area (Å²) in [6, 6.07) is 1.35. The summed E-state index contributed by atoms with van der Waals surface area (Å²) < 4.78 is 0. The molecule has 1 rings (SSSR count). The third-order valence-electron chi connectivity index (χ3n) is 2.25. The largest absolute Gasteiger partial charge is 0.358 e. The molecule has 1 heterocycles. The SMILES string of the molecule is CCc1nc(Cl)cc(NC(C)C(=O)NC(C)C)n1. The second-order valence-corrected chi connectivity index (χ2v) is 4.76. The fraction of sp³-hybridized carbons (Fsp3) is 0.583. The van der Waals surface area contributed by atoms with Crippen LogP contribution in [0.1, 0.15) is 33.5 Å². The normalized spacial score (nSPS) is 12.3. The molecule has 0 saturated heterocycles. The Hall–Kier alpha value is -1.36. The first-order chi connectivity index (χ1) is 8.42. The predicted octanol–water partition coefficient (Wildman–Crippen LogP) is 2.02. The van der Waals surface area contributed by atoms with Crippen LogP contribution in [0.25, 0.3) is 0 Å². The van der Waals surface area contributed by atoms with Crippen LogP contribution in [0.3, 0.4) is 0 Å². The molecule has 0 aromatic carbocycles. The lowest BCUT2D eigenvalue weighted by atomic mass is 10.3. The van der Waals surface area contributed by atoms with Crippen LogP contribution in [-0.4, -0.2) is 28.0 Å². The summed E-state index contributed by atoms with van der Waals surface area (Å²) >= 11 is 5.88. The van der Waals surface area contributed by atoms with Gasteiger partial charge in [0.1, 0.15) is 22.8 Å². The van der Waals surface area contributed by atoms with Gasteiger partial charge in [-0.2, -0.15) is 0 Å². The van der Waals surface area contributed by atoms with Gasteiger partial charge in [-0.1, -0.05) is 18.5 Å². The fourth-order valence-electron chi connectivity index (χ4n) is 1.39. The molecule has 0 saturated carbocycles. The van der Waals surface area contributed by atoms with Gasteiger partial charge in [0.25, 0.3) is 0 Å². The third kappa shape index (κ3) is 4.49. The summed E-state index contributed by atoms with van der Waals surface area (Å²) in [7, 11) is 0. The molecular weight excluding hydrogens is 252 g/mol. The molecule has 1 aromatic rings. The number of carbonyl (C=O) groups excluding carboxylic acids is 1. The zero-order valence-corrected chi connectivity index (χ0v) is 11.9. The number of nitrogens with one attached hydrogen (secondary N) is 2. The van der Waals surface area contributed by atoms with E-state index in [0.717, 1.165) is 0 Å². The van der Waals surface area contributed by atoms with Crippen molar-refractivity contribution >= 4 is 23.3 Å². The molecule has 0 aliphatic carbocycles. The van der Waals surface area contributed by atoms with Gasteiger partial charge in [0.2, 0.25) is 5.91 Å². The molecular formula is C12H19ClN4O. The Balaban J connectivity index is 2.72. The highest BCUT2D eigenvalue weighted by Crippen LogP contribution is 2.12. The van der Waals surface area contributed by atoms with Crippen molar-refractivity contribution in [2.45, 2.75) is 46.2 Å². The highest BCUT2D eigenvalue weighted by molar-refractivity contribution is 6.29. The van der Waals surface area contributed by atoms with Gasteiger partial charge in [0.15, 0.2) is 0 Å². The monoisotopic (exact) mass is 270 g/mol. The average molecular weight is 271 g/mol. The topological polar surface area (TPSA) is 66.9 Å². The van der Waals surface area contributed by atoms with Gasteiger partial charge < -0.3 is 10.6 Å². The maximum absolute atomic E-state index is 11.7. The Morgan fingerprint density at radius 2 is 2.06 bits per heavy atom. The van der Waals surface area contributed by atoms with E-state index in [9.17, 15) is 4.79 Å². The first kappa shape index (κ1) is 14.7. The molecule has 0 aliphatic rings. The Labute approximate surface area is 112 Å². The first-order valence-corrected chi connectivity index (χ1v) is 6.40. The highest BCUT2D eigenvalue weighted by Gasteiger charge is 2.14. The number of carbonyl (C=O) groups is 1. The summed E-state index contributed by atoms with van der Waals surface area (Å²) in [6.07, 6.45) is 0.696. The van der Waals surface area contributed by atoms with E-state index in [1.165, 1.54) is 0 Å². The van der Waals surface area contributed by atoms with Crippen molar-refractivity contribution in [2.24, 2.45) is 0 Å². The number of rotatable bonds is 5. The average Bonchev–Trinajstić information content (AvgIpc) is 2.27. The van der Waals surface area contributed by atoms with Crippen molar-refractivity contribution in [1.29, 1.82) is 0 Å². The summed E-state index contributed by atoms with van der Waals surface area (Å²) in [4.78, 5) is 20.1. The van der Waals surface area contributed by atoms with E-state index in [1.807, 2.05) is 20.8 Å². The maximum atomic E-state index is 11.7. The smallest absolute Gasteiger partial charge is 0.242 e. The lowest BCUT2D eigenvalue weighted by Crippen LogP contribution is -2.41. The number of halogens is 1. The minimum Gasteiger partial charge on any atom is -0.358 e. The molecule has 1 aromatic heterocycles. The van der Waals surface area contributed by atoms with Crippen LogP contribution in [0.2, 0.25) is 5.15 Å². The minimum absolute atomic E-state index is 0.0715. The Bertz CT molecular complexity index is 423. The number of amides is 1. The molecule has 0 fully saturated rings. The van der Waals surface area contributed by atoms with Crippen LogP contribution < -0.4 is 10.6 Å². The predicted molar refractivity (Wildman–Crippen MR) is 72.8 cm³/mol. The van der Waals surface area contributed by atoms with Crippen molar-refractivity contribution in [2.75, 3.05) is 5.32 Å². The second-order valence-electron chi connectivity index (χ2n) is 4.38. The standard InChI is InChI=1S/C12H19ClN4O/c1-5-10-16-9(13)6-11(17-10)15-8(4)12(18)14-7(2)3/h6-8H,5H2,1-4H3,(H,14,18)(H,15,16,17). The Kier molecular flexibility index (Phi) is 5.34. The van der Waals surface area contributed by atoms with Gasteiger partial charge in [0, 0.05) is 18.5 Å². The lowest BCUT2D eigenvalue weighted by molar-refractivity contribution is -0.122. The molecule has 0 bridgehead atoms. The molecule has 0 radical (unpaired) electrons. The van der Waals surface area contributed by atoms with Crippen LogP contribution in [0, 0.1) is 0 Å². The van der Waals surface area contributed by atoms with E-state index >= 15 is 0 Å². The fourth-order valence-corrected chi connectivity index (χ4v) is 1.59. The van der Waals surface area contributed by atoms with Gasteiger partial charge in [0.05, 0.1) is 0 Å². The number of anilines is 1. The maximum Gasteiger partial charge on any atom is 0.242 e. The van der Waals surface area contributed by atoms with Crippen LogP contribution in [-0.2, 0) is 11.2 Å². The molecule has 6 heteroatoms. The molecule has 0 aliphatic heterocycles. The first-order valence-electron chi connectivity index (χ1n) is 6.02. The summed E-state index contributed by atoms with van der Waals surface area (Å²) in [5, 5.41) is 6.22. The molecule has 0 spiro atoms. The van der Waals surface area contributed by atoms with E-state index in [-0.39, 0.29) is 18.0 Å². The zero-order valence-electron chi connectivity index (χ0n) is 11.1. The highest BCUT2D eigenvalue weighted by atomic mass is 35.5. The molecule has 2 N–H and O–H groups in total. The van der Waals surface area contributed by atoms with Crippen molar-refractivity contribution in [1.82, 2.24) is 15.3 Å². The van der Waals surface area contributed by atoms with Gasteiger partial charge in [-0.3, -0.25) is 4.79 Å². The van der Waals surface area contributed by atoms with Gasteiger partial charge in [-0.05, 0) is 20.8 Å². The van der Waals surface area contributed by atoms with Gasteiger partial charge in [-0.25, -0.2) is 9.97 Å². The zero-order chi connectivity index (χ0) is 13.7. The van der Waals surface area contributed by atoms with E-state index in [4.69, 9.17) is 11.6 Å². The summed E-state index contributed by atoms with van der Waals surface area (Å²) in [6.45, 7) is 7.56. The lowest BCUT2D eigenvalue weighted by Gasteiger charge is -2.16. The van der Waals surface area contributed by atoms with Crippen LogP contribution in [0.5, 0.6) is 0 Å². The number of aromatic nitrogens is 2. The van der Waals surface area contributed by atoms with E-state index in [1.54, 1.807) is 13.0 Å². The summed E-state index contributed by atoms with van der Waals surface area (Å²) in [5.74, 6) is 1.15. The van der Waals surface area contributed by atoms with Crippen molar-refractivity contribution in [3.05, 3.63) is 17.0 Å².